The number of hydrogen-bond acceptors (Lipinski definition) is 5. The Balaban J connectivity index is 2.86. The van der Waals surface area contributed by atoms with E-state index in [0.29, 0.717) is 0 Å². The number of nitro groups is 1. The number of amides is 1. The number of nitrogens with zero attached hydrogens (tertiary/aromatic N) is 1. The van der Waals surface area contributed by atoms with Gasteiger partial charge < -0.3 is 15.2 Å². The molecule has 0 saturated heterocycles. The normalized spacial score (nSPS) is 12.1. The lowest BCUT2D eigenvalue weighted by atomic mass is 10.2. The molecular weight excluding hydrogens is 264 g/mol. The fourth-order valence-corrected chi connectivity index (χ4v) is 1.56. The van der Waals surface area contributed by atoms with E-state index in [2.05, 4.69) is 5.32 Å². The van der Waals surface area contributed by atoms with Gasteiger partial charge in [0.15, 0.2) is 6.10 Å². The Morgan fingerprint density at radius 2 is 2.10 bits per heavy atom. The van der Waals surface area contributed by atoms with Crippen molar-refractivity contribution in [2.24, 2.45) is 0 Å². The first-order chi connectivity index (χ1) is 9.35. The lowest BCUT2D eigenvalue weighted by molar-refractivity contribution is -0.385. The number of non-ortho nitro benzene ring substituents is 1. The zero-order chi connectivity index (χ0) is 15.3. The van der Waals surface area contributed by atoms with Crippen LogP contribution in [0.2, 0.25) is 0 Å². The predicted molar refractivity (Wildman–Crippen MR) is 72.4 cm³/mol. The molecule has 1 aromatic rings. The molecule has 0 radical (unpaired) electrons. The first-order valence-electron chi connectivity index (χ1n) is 6.20. The Morgan fingerprint density at radius 3 is 2.60 bits per heavy atom. The van der Waals surface area contributed by atoms with Crippen LogP contribution in [-0.2, 0) is 11.4 Å². The SMILES string of the molecule is CC(C)NC(=O)C(C)Oc1ccc([N+](=O)[O-])cc1CO. The molecule has 2 N–H and O–H groups in total. The van der Waals surface area contributed by atoms with Gasteiger partial charge in [0.25, 0.3) is 11.6 Å². The highest BCUT2D eigenvalue weighted by molar-refractivity contribution is 5.81. The van der Waals surface area contributed by atoms with Crippen molar-refractivity contribution in [3.8, 4) is 5.75 Å². The molecule has 110 valence electrons. The highest BCUT2D eigenvalue weighted by Crippen LogP contribution is 2.25. The lowest BCUT2D eigenvalue weighted by Crippen LogP contribution is -2.40. The minimum atomic E-state index is -0.760. The number of ether oxygens (including phenoxy) is 1. The number of benzene rings is 1. The molecule has 0 fully saturated rings. The summed E-state index contributed by atoms with van der Waals surface area (Å²) in [5.41, 5.74) is 0.129. The molecule has 0 aromatic heterocycles. The third-order valence-corrected chi connectivity index (χ3v) is 2.53. The van der Waals surface area contributed by atoms with Crippen LogP contribution in [0.3, 0.4) is 0 Å². The summed E-state index contributed by atoms with van der Waals surface area (Å²) in [7, 11) is 0. The zero-order valence-electron chi connectivity index (χ0n) is 11.6. The number of aliphatic hydroxyl groups is 1. The molecule has 1 unspecified atom stereocenters. The lowest BCUT2D eigenvalue weighted by Gasteiger charge is -2.18. The van der Waals surface area contributed by atoms with Crippen molar-refractivity contribution >= 4 is 11.6 Å². The minimum Gasteiger partial charge on any atom is -0.481 e. The molecule has 1 atom stereocenters. The van der Waals surface area contributed by atoms with Crippen molar-refractivity contribution in [2.75, 3.05) is 0 Å². The average molecular weight is 282 g/mol. The third-order valence-electron chi connectivity index (χ3n) is 2.53. The van der Waals surface area contributed by atoms with Gasteiger partial charge in [-0.15, -0.1) is 0 Å². The number of hydrogen-bond donors (Lipinski definition) is 2. The average Bonchev–Trinajstić information content (AvgIpc) is 2.37. The van der Waals surface area contributed by atoms with Gasteiger partial charge in [0.05, 0.1) is 11.5 Å². The van der Waals surface area contributed by atoms with Crippen LogP contribution in [0.4, 0.5) is 5.69 Å². The van der Waals surface area contributed by atoms with Crippen LogP contribution in [0, 0.1) is 10.1 Å². The van der Waals surface area contributed by atoms with Crippen LogP contribution in [0.1, 0.15) is 26.3 Å². The summed E-state index contributed by atoms with van der Waals surface area (Å²) in [5, 5.41) is 22.6. The maximum Gasteiger partial charge on any atom is 0.270 e. The van der Waals surface area contributed by atoms with Crippen molar-refractivity contribution in [3.05, 3.63) is 33.9 Å². The fraction of sp³-hybridized carbons (Fsp3) is 0.462. The predicted octanol–water partition coefficient (Wildman–Crippen LogP) is 1.38. The van der Waals surface area contributed by atoms with Crippen LogP contribution in [0.25, 0.3) is 0 Å². The molecule has 1 aromatic carbocycles. The fourth-order valence-electron chi connectivity index (χ4n) is 1.56. The largest absolute Gasteiger partial charge is 0.481 e. The van der Waals surface area contributed by atoms with Gasteiger partial charge in [-0.25, -0.2) is 0 Å². The van der Waals surface area contributed by atoms with Crippen LogP contribution in [-0.4, -0.2) is 28.1 Å². The monoisotopic (exact) mass is 282 g/mol. The molecule has 7 nitrogen and oxygen atoms in total. The number of carbonyl (C=O) groups excluding carboxylic acids is 1. The molecule has 0 aliphatic heterocycles. The van der Waals surface area contributed by atoms with E-state index < -0.39 is 17.6 Å². The van der Waals surface area contributed by atoms with E-state index in [1.165, 1.54) is 18.2 Å². The Bertz CT molecular complexity index is 502. The summed E-state index contributed by atoms with van der Waals surface area (Å²) in [5.74, 6) is -0.0354. The summed E-state index contributed by atoms with van der Waals surface area (Å²) in [6.45, 7) is 4.82. The molecule has 0 bridgehead atoms. The van der Waals surface area contributed by atoms with Gasteiger partial charge >= 0.3 is 0 Å². The highest BCUT2D eigenvalue weighted by Gasteiger charge is 2.18. The maximum absolute atomic E-state index is 11.7. The summed E-state index contributed by atoms with van der Waals surface area (Å²) in [6, 6.07) is 3.86. The Hall–Kier alpha value is -2.15. The molecule has 0 heterocycles. The standard InChI is InChI=1S/C13H18N2O5/c1-8(2)14-13(17)9(3)20-12-5-4-11(15(18)19)6-10(12)7-16/h4-6,8-9,16H,7H2,1-3H3,(H,14,17). The smallest absolute Gasteiger partial charge is 0.270 e. The second-order valence-electron chi connectivity index (χ2n) is 4.63. The third kappa shape index (κ3) is 4.20. The van der Waals surface area contributed by atoms with Crippen molar-refractivity contribution in [1.29, 1.82) is 0 Å². The van der Waals surface area contributed by atoms with E-state index in [9.17, 15) is 20.0 Å². The van der Waals surface area contributed by atoms with Crippen LogP contribution in [0.5, 0.6) is 5.75 Å². The molecule has 0 aliphatic rings. The molecule has 0 saturated carbocycles. The molecule has 1 amide bonds. The Morgan fingerprint density at radius 1 is 1.45 bits per heavy atom. The van der Waals surface area contributed by atoms with Crippen molar-refractivity contribution in [3.63, 3.8) is 0 Å². The minimum absolute atomic E-state index is 0.0114. The zero-order valence-corrected chi connectivity index (χ0v) is 11.6. The van der Waals surface area contributed by atoms with Gasteiger partial charge in [0.2, 0.25) is 0 Å². The molecule has 0 spiro atoms. The molecule has 1 rings (SSSR count). The van der Waals surface area contributed by atoms with E-state index in [1.54, 1.807) is 6.92 Å². The van der Waals surface area contributed by atoms with E-state index >= 15 is 0 Å². The van der Waals surface area contributed by atoms with Crippen LogP contribution < -0.4 is 10.1 Å². The van der Waals surface area contributed by atoms with Gasteiger partial charge in [-0.3, -0.25) is 14.9 Å². The van der Waals surface area contributed by atoms with Gasteiger partial charge in [0, 0.05) is 23.7 Å². The maximum atomic E-state index is 11.7. The molecule has 0 aliphatic carbocycles. The number of nitro benzene ring substituents is 1. The number of nitrogens with one attached hydrogen (secondary N) is 1. The first-order valence-corrected chi connectivity index (χ1v) is 6.20. The van der Waals surface area contributed by atoms with E-state index in [4.69, 9.17) is 4.74 Å². The molecule has 20 heavy (non-hydrogen) atoms. The van der Waals surface area contributed by atoms with Gasteiger partial charge in [0.1, 0.15) is 5.75 Å². The quantitative estimate of drug-likeness (QED) is 0.606. The van der Waals surface area contributed by atoms with Crippen molar-refractivity contribution in [2.45, 2.75) is 39.5 Å². The molecule has 7 heteroatoms. The Labute approximate surface area is 116 Å². The summed E-state index contributed by atoms with van der Waals surface area (Å²) < 4.78 is 5.44. The van der Waals surface area contributed by atoms with E-state index in [-0.39, 0.29) is 28.9 Å². The van der Waals surface area contributed by atoms with Crippen molar-refractivity contribution < 1.29 is 19.6 Å². The van der Waals surface area contributed by atoms with Crippen LogP contribution in [0.15, 0.2) is 18.2 Å². The number of carbonyl (C=O) groups is 1. The second kappa shape index (κ2) is 6.85. The highest BCUT2D eigenvalue weighted by atomic mass is 16.6. The second-order valence-corrected chi connectivity index (χ2v) is 4.63. The van der Waals surface area contributed by atoms with Crippen molar-refractivity contribution in [1.82, 2.24) is 5.32 Å². The topological polar surface area (TPSA) is 102 Å². The van der Waals surface area contributed by atoms with Gasteiger partial charge in [-0.2, -0.15) is 0 Å². The Kier molecular flexibility index (Phi) is 5.45. The molecular formula is C13H18N2O5. The van der Waals surface area contributed by atoms with Gasteiger partial charge in [-0.1, -0.05) is 0 Å². The van der Waals surface area contributed by atoms with E-state index in [1.807, 2.05) is 13.8 Å². The van der Waals surface area contributed by atoms with E-state index in [0.717, 1.165) is 0 Å². The first kappa shape index (κ1) is 15.9. The number of rotatable bonds is 6. The summed E-state index contributed by atoms with van der Waals surface area (Å²) >= 11 is 0. The number of aliphatic hydroxyl groups excluding tert-OH is 1. The summed E-state index contributed by atoms with van der Waals surface area (Å²) in [4.78, 5) is 21.8. The van der Waals surface area contributed by atoms with Crippen LogP contribution >= 0.6 is 0 Å². The summed E-state index contributed by atoms with van der Waals surface area (Å²) in [6.07, 6.45) is -0.760. The van der Waals surface area contributed by atoms with Gasteiger partial charge in [-0.05, 0) is 26.8 Å².